The van der Waals surface area contributed by atoms with Crippen molar-refractivity contribution < 1.29 is 4.74 Å². The number of ether oxygens (including phenoxy) is 1. The lowest BCUT2D eigenvalue weighted by Crippen LogP contribution is -2.14. The summed E-state index contributed by atoms with van der Waals surface area (Å²) in [7, 11) is 1.95. The zero-order chi connectivity index (χ0) is 15.1. The molecule has 1 N–H and O–H groups in total. The number of nitrogens with zero attached hydrogens (tertiary/aromatic N) is 2. The van der Waals surface area contributed by atoms with Crippen molar-refractivity contribution in [3.05, 3.63) is 46.2 Å². The summed E-state index contributed by atoms with van der Waals surface area (Å²) in [5.74, 6) is 0.911. The van der Waals surface area contributed by atoms with E-state index in [9.17, 15) is 0 Å². The van der Waals surface area contributed by atoms with Gasteiger partial charge in [-0.05, 0) is 42.8 Å². The molecule has 1 heterocycles. The molecular weight excluding hydrogens is 330 g/mol. The van der Waals surface area contributed by atoms with Crippen molar-refractivity contribution in [1.82, 2.24) is 15.1 Å². The van der Waals surface area contributed by atoms with Gasteiger partial charge >= 0.3 is 0 Å². The third-order valence-corrected chi connectivity index (χ3v) is 4.08. The summed E-state index contributed by atoms with van der Waals surface area (Å²) >= 11 is 3.58. The van der Waals surface area contributed by atoms with Gasteiger partial charge in [-0.15, -0.1) is 0 Å². The Balaban J connectivity index is 1.88. The molecule has 0 unspecified atom stereocenters. The summed E-state index contributed by atoms with van der Waals surface area (Å²) in [5.41, 5.74) is 2.40. The zero-order valence-corrected chi connectivity index (χ0v) is 14.2. The van der Waals surface area contributed by atoms with Crippen LogP contribution in [0.1, 0.15) is 24.6 Å². The first-order valence-electron chi connectivity index (χ1n) is 7.29. The summed E-state index contributed by atoms with van der Waals surface area (Å²) in [4.78, 5) is 0. The fourth-order valence-corrected chi connectivity index (χ4v) is 2.48. The molecule has 0 aliphatic heterocycles. The van der Waals surface area contributed by atoms with Crippen LogP contribution in [0.3, 0.4) is 0 Å². The van der Waals surface area contributed by atoms with Crippen LogP contribution in [-0.2, 0) is 20.0 Å². The van der Waals surface area contributed by atoms with Crippen molar-refractivity contribution >= 4 is 15.9 Å². The second kappa shape index (κ2) is 8.20. The van der Waals surface area contributed by atoms with Crippen LogP contribution >= 0.6 is 15.9 Å². The van der Waals surface area contributed by atoms with Gasteiger partial charge in [-0.1, -0.05) is 22.9 Å². The average Bonchev–Trinajstić information content (AvgIpc) is 2.88. The van der Waals surface area contributed by atoms with Gasteiger partial charge in [0.2, 0.25) is 0 Å². The van der Waals surface area contributed by atoms with Gasteiger partial charge in [-0.25, -0.2) is 0 Å². The van der Waals surface area contributed by atoms with Crippen LogP contribution in [0.4, 0.5) is 0 Å². The minimum atomic E-state index is 0.656. The van der Waals surface area contributed by atoms with Crippen LogP contribution in [0.15, 0.2) is 34.9 Å². The van der Waals surface area contributed by atoms with Gasteiger partial charge in [0.25, 0.3) is 0 Å². The molecule has 21 heavy (non-hydrogen) atoms. The van der Waals surface area contributed by atoms with E-state index in [1.807, 2.05) is 36.1 Å². The molecule has 5 heteroatoms. The number of nitrogens with one attached hydrogen (secondary N) is 1. The standard InChI is InChI=1S/C16H22BrN3O/c1-3-8-18-12-13-11-15(4-5-16(13)17)21-10-7-14-6-9-19-20(14)2/h4-6,9,11,18H,3,7-8,10,12H2,1-2H3. The Morgan fingerprint density at radius 2 is 2.19 bits per heavy atom. The highest BCUT2D eigenvalue weighted by molar-refractivity contribution is 9.10. The summed E-state index contributed by atoms with van der Waals surface area (Å²) < 4.78 is 8.84. The molecule has 2 aromatic rings. The second-order valence-electron chi connectivity index (χ2n) is 4.97. The van der Waals surface area contributed by atoms with Crippen LogP contribution in [0.25, 0.3) is 0 Å². The van der Waals surface area contributed by atoms with Gasteiger partial charge < -0.3 is 10.1 Å². The van der Waals surface area contributed by atoms with Crippen LogP contribution in [0.5, 0.6) is 5.75 Å². The minimum absolute atomic E-state index is 0.656. The Morgan fingerprint density at radius 1 is 1.33 bits per heavy atom. The van der Waals surface area contributed by atoms with E-state index in [4.69, 9.17) is 4.74 Å². The number of hydrogen-bond acceptors (Lipinski definition) is 3. The Kier molecular flexibility index (Phi) is 6.26. The molecule has 0 saturated carbocycles. The highest BCUT2D eigenvalue weighted by atomic mass is 79.9. The van der Waals surface area contributed by atoms with Crippen LogP contribution in [-0.4, -0.2) is 22.9 Å². The first-order chi connectivity index (χ1) is 10.2. The Hall–Kier alpha value is -1.33. The molecule has 1 aromatic carbocycles. The predicted octanol–water partition coefficient (Wildman–Crippen LogP) is 3.30. The van der Waals surface area contributed by atoms with E-state index < -0.39 is 0 Å². The second-order valence-corrected chi connectivity index (χ2v) is 5.83. The van der Waals surface area contributed by atoms with E-state index in [0.717, 1.165) is 36.2 Å². The number of rotatable bonds is 8. The van der Waals surface area contributed by atoms with Gasteiger partial charge in [0.15, 0.2) is 0 Å². The monoisotopic (exact) mass is 351 g/mol. The van der Waals surface area contributed by atoms with Crippen molar-refractivity contribution in [1.29, 1.82) is 0 Å². The maximum absolute atomic E-state index is 5.85. The van der Waals surface area contributed by atoms with Crippen LogP contribution in [0.2, 0.25) is 0 Å². The quantitative estimate of drug-likeness (QED) is 0.741. The SMILES string of the molecule is CCCNCc1cc(OCCc2ccnn2C)ccc1Br. The molecule has 0 fully saturated rings. The van der Waals surface area contributed by atoms with Gasteiger partial charge in [0.1, 0.15) is 5.75 Å². The Morgan fingerprint density at radius 3 is 2.90 bits per heavy atom. The molecule has 0 aliphatic carbocycles. The molecule has 4 nitrogen and oxygen atoms in total. The van der Waals surface area contributed by atoms with E-state index in [-0.39, 0.29) is 0 Å². The van der Waals surface area contributed by atoms with E-state index in [1.54, 1.807) is 0 Å². The number of benzene rings is 1. The smallest absolute Gasteiger partial charge is 0.119 e. The highest BCUT2D eigenvalue weighted by Gasteiger charge is 2.04. The zero-order valence-electron chi connectivity index (χ0n) is 12.6. The molecule has 2 rings (SSSR count). The van der Waals surface area contributed by atoms with Crippen LogP contribution in [0, 0.1) is 0 Å². The summed E-state index contributed by atoms with van der Waals surface area (Å²) in [6.45, 7) is 4.70. The van der Waals surface area contributed by atoms with Gasteiger partial charge in [-0.3, -0.25) is 4.68 Å². The Bertz CT molecular complexity index is 568. The van der Waals surface area contributed by atoms with E-state index >= 15 is 0 Å². The molecule has 0 aliphatic rings. The predicted molar refractivity (Wildman–Crippen MR) is 88.5 cm³/mol. The molecule has 0 spiro atoms. The normalized spacial score (nSPS) is 10.8. The van der Waals surface area contributed by atoms with E-state index in [2.05, 4.69) is 39.3 Å². The molecule has 1 aromatic heterocycles. The number of halogens is 1. The van der Waals surface area contributed by atoms with Crippen molar-refractivity contribution in [2.45, 2.75) is 26.3 Å². The van der Waals surface area contributed by atoms with Gasteiger partial charge in [0.05, 0.1) is 6.61 Å². The van der Waals surface area contributed by atoms with Gasteiger partial charge in [0, 0.05) is 36.4 Å². The maximum Gasteiger partial charge on any atom is 0.119 e. The molecule has 114 valence electrons. The molecule has 0 atom stereocenters. The minimum Gasteiger partial charge on any atom is -0.493 e. The van der Waals surface area contributed by atoms with E-state index in [1.165, 1.54) is 11.3 Å². The fourth-order valence-electron chi connectivity index (χ4n) is 2.10. The first-order valence-corrected chi connectivity index (χ1v) is 8.09. The lowest BCUT2D eigenvalue weighted by molar-refractivity contribution is 0.318. The number of aromatic nitrogens is 2. The largest absolute Gasteiger partial charge is 0.493 e. The third-order valence-electron chi connectivity index (χ3n) is 3.31. The maximum atomic E-state index is 5.85. The summed E-state index contributed by atoms with van der Waals surface area (Å²) in [5, 5.41) is 7.56. The third kappa shape index (κ3) is 4.86. The lowest BCUT2D eigenvalue weighted by Gasteiger charge is -2.10. The fraction of sp³-hybridized carbons (Fsp3) is 0.438. The first kappa shape index (κ1) is 16.0. The van der Waals surface area contributed by atoms with E-state index in [0.29, 0.717) is 6.61 Å². The van der Waals surface area contributed by atoms with Gasteiger partial charge in [-0.2, -0.15) is 5.10 Å². The van der Waals surface area contributed by atoms with Crippen molar-refractivity contribution in [3.63, 3.8) is 0 Å². The molecule has 0 amide bonds. The summed E-state index contributed by atoms with van der Waals surface area (Å²) in [6, 6.07) is 8.15. The average molecular weight is 352 g/mol. The lowest BCUT2D eigenvalue weighted by atomic mass is 10.2. The molecule has 0 saturated heterocycles. The topological polar surface area (TPSA) is 39.1 Å². The number of hydrogen-bond donors (Lipinski definition) is 1. The highest BCUT2D eigenvalue weighted by Crippen LogP contribution is 2.22. The Labute approximate surface area is 134 Å². The molecular formula is C16H22BrN3O. The number of aryl methyl sites for hydroxylation is 1. The summed E-state index contributed by atoms with van der Waals surface area (Å²) in [6.07, 6.45) is 3.81. The van der Waals surface area contributed by atoms with Crippen molar-refractivity contribution in [2.75, 3.05) is 13.2 Å². The molecule has 0 bridgehead atoms. The molecule has 0 radical (unpaired) electrons. The van der Waals surface area contributed by atoms with Crippen molar-refractivity contribution in [3.8, 4) is 5.75 Å². The van der Waals surface area contributed by atoms with Crippen LogP contribution < -0.4 is 10.1 Å². The van der Waals surface area contributed by atoms with Crippen molar-refractivity contribution in [2.24, 2.45) is 7.05 Å².